The van der Waals surface area contributed by atoms with Gasteiger partial charge in [0.15, 0.2) is 0 Å². The molecule has 1 heterocycles. The van der Waals surface area contributed by atoms with Gasteiger partial charge >= 0.3 is 0 Å². The lowest BCUT2D eigenvalue weighted by atomic mass is 9.99. The number of hydrogen-bond donors (Lipinski definition) is 2. The van der Waals surface area contributed by atoms with Crippen LogP contribution in [-0.2, 0) is 12.8 Å². The van der Waals surface area contributed by atoms with E-state index < -0.39 is 0 Å². The van der Waals surface area contributed by atoms with Gasteiger partial charge in [-0.15, -0.1) is 0 Å². The van der Waals surface area contributed by atoms with Gasteiger partial charge in [0.1, 0.15) is 0 Å². The maximum absolute atomic E-state index is 5.99. The predicted octanol–water partition coefficient (Wildman–Crippen LogP) is 3.08. The summed E-state index contributed by atoms with van der Waals surface area (Å²) >= 11 is 5.92. The summed E-state index contributed by atoms with van der Waals surface area (Å²) in [5, 5.41) is 4.27. The summed E-state index contributed by atoms with van der Waals surface area (Å²) in [5.41, 5.74) is 9.15. The van der Waals surface area contributed by atoms with Crippen molar-refractivity contribution >= 4 is 17.3 Å². The summed E-state index contributed by atoms with van der Waals surface area (Å²) in [6, 6.07) is 10.2. The summed E-state index contributed by atoms with van der Waals surface area (Å²) < 4.78 is 0. The monoisotopic (exact) mass is 289 g/mol. The van der Waals surface area contributed by atoms with Crippen LogP contribution in [0.1, 0.15) is 18.1 Å². The van der Waals surface area contributed by atoms with Crippen LogP contribution in [0.4, 0.5) is 5.69 Å². The molecule has 0 aliphatic rings. The number of aromatic nitrogens is 1. The van der Waals surface area contributed by atoms with E-state index in [4.69, 9.17) is 17.3 Å². The molecule has 4 heteroatoms. The zero-order chi connectivity index (χ0) is 14.4. The number of pyridine rings is 1. The van der Waals surface area contributed by atoms with Crippen molar-refractivity contribution in [2.75, 3.05) is 12.3 Å². The molecule has 0 amide bonds. The maximum atomic E-state index is 5.99. The van der Waals surface area contributed by atoms with Crippen LogP contribution in [0.5, 0.6) is 0 Å². The van der Waals surface area contributed by atoms with Crippen molar-refractivity contribution in [3.05, 3.63) is 58.9 Å². The average molecular weight is 290 g/mol. The standard InChI is InChI=1S/C16H20ClN3/c1-2-20-15(9-12-3-5-14(17)6-4-12)10-13-11-19-8-7-16(13)18/h3-8,11,15,20H,2,9-10H2,1H3,(H2,18,19). The summed E-state index contributed by atoms with van der Waals surface area (Å²) in [6.45, 7) is 3.04. The molecule has 3 nitrogen and oxygen atoms in total. The van der Waals surface area contributed by atoms with E-state index in [2.05, 4.69) is 29.4 Å². The quantitative estimate of drug-likeness (QED) is 0.859. The summed E-state index contributed by atoms with van der Waals surface area (Å²) in [7, 11) is 0. The lowest BCUT2D eigenvalue weighted by Crippen LogP contribution is -2.33. The minimum absolute atomic E-state index is 0.340. The fourth-order valence-electron chi connectivity index (χ4n) is 2.28. The zero-order valence-electron chi connectivity index (χ0n) is 11.6. The molecule has 0 radical (unpaired) electrons. The van der Waals surface area contributed by atoms with Crippen molar-refractivity contribution < 1.29 is 0 Å². The Kier molecular flexibility index (Phi) is 5.39. The van der Waals surface area contributed by atoms with Crippen LogP contribution in [0.3, 0.4) is 0 Å². The highest BCUT2D eigenvalue weighted by Crippen LogP contribution is 2.15. The SMILES string of the molecule is CCNC(Cc1ccc(Cl)cc1)Cc1cnccc1N. The summed E-state index contributed by atoms with van der Waals surface area (Å²) in [4.78, 5) is 4.15. The molecule has 0 saturated heterocycles. The van der Waals surface area contributed by atoms with Crippen molar-refractivity contribution in [3.63, 3.8) is 0 Å². The Labute approximate surface area is 125 Å². The number of nitrogens with zero attached hydrogens (tertiary/aromatic N) is 1. The Hall–Kier alpha value is -1.58. The Morgan fingerprint density at radius 2 is 1.95 bits per heavy atom. The molecule has 0 aliphatic carbocycles. The van der Waals surface area contributed by atoms with Crippen LogP contribution < -0.4 is 11.1 Å². The normalized spacial score (nSPS) is 12.3. The lowest BCUT2D eigenvalue weighted by Gasteiger charge is -2.19. The smallest absolute Gasteiger partial charge is 0.0406 e. The molecule has 0 fully saturated rings. The predicted molar refractivity (Wildman–Crippen MR) is 85.0 cm³/mol. The van der Waals surface area contributed by atoms with Crippen molar-refractivity contribution in [2.24, 2.45) is 0 Å². The number of nitrogens with one attached hydrogen (secondary N) is 1. The zero-order valence-corrected chi connectivity index (χ0v) is 12.4. The minimum atomic E-state index is 0.340. The third-order valence-electron chi connectivity index (χ3n) is 3.30. The highest BCUT2D eigenvalue weighted by atomic mass is 35.5. The first-order valence-corrected chi connectivity index (χ1v) is 7.23. The molecule has 0 bridgehead atoms. The van der Waals surface area contributed by atoms with Gasteiger partial charge in [-0.25, -0.2) is 0 Å². The van der Waals surface area contributed by atoms with Crippen LogP contribution in [0.15, 0.2) is 42.7 Å². The third-order valence-corrected chi connectivity index (χ3v) is 3.55. The highest BCUT2D eigenvalue weighted by Gasteiger charge is 2.11. The largest absolute Gasteiger partial charge is 0.398 e. The number of nitrogens with two attached hydrogens (primary N) is 1. The molecular weight excluding hydrogens is 270 g/mol. The molecular formula is C16H20ClN3. The van der Waals surface area contributed by atoms with Crippen molar-refractivity contribution in [1.82, 2.24) is 10.3 Å². The third kappa shape index (κ3) is 4.22. The molecule has 0 aliphatic heterocycles. The Bertz CT molecular complexity index is 540. The van der Waals surface area contributed by atoms with Gasteiger partial charge in [0.25, 0.3) is 0 Å². The minimum Gasteiger partial charge on any atom is -0.398 e. The van der Waals surface area contributed by atoms with Gasteiger partial charge in [-0.2, -0.15) is 0 Å². The second-order valence-electron chi connectivity index (χ2n) is 4.86. The van der Waals surface area contributed by atoms with Crippen LogP contribution in [0.2, 0.25) is 5.02 Å². The highest BCUT2D eigenvalue weighted by molar-refractivity contribution is 6.30. The van der Waals surface area contributed by atoms with Crippen LogP contribution >= 0.6 is 11.6 Å². The first-order chi connectivity index (χ1) is 9.69. The van der Waals surface area contributed by atoms with Crippen molar-refractivity contribution in [1.29, 1.82) is 0 Å². The van der Waals surface area contributed by atoms with E-state index in [1.165, 1.54) is 5.56 Å². The molecule has 1 aromatic heterocycles. The van der Waals surface area contributed by atoms with Gasteiger partial charge in [0.2, 0.25) is 0 Å². The van der Waals surface area contributed by atoms with Crippen LogP contribution in [0.25, 0.3) is 0 Å². The number of hydrogen-bond acceptors (Lipinski definition) is 3. The fourth-order valence-corrected chi connectivity index (χ4v) is 2.41. The number of nitrogen functional groups attached to an aromatic ring is 1. The Morgan fingerprint density at radius 3 is 2.60 bits per heavy atom. The number of anilines is 1. The molecule has 1 aromatic carbocycles. The summed E-state index contributed by atoms with van der Waals surface area (Å²) in [5.74, 6) is 0. The molecule has 2 aromatic rings. The van der Waals surface area contributed by atoms with Gasteiger partial charge in [-0.3, -0.25) is 4.98 Å². The topological polar surface area (TPSA) is 50.9 Å². The maximum Gasteiger partial charge on any atom is 0.0406 e. The number of halogens is 1. The second-order valence-corrected chi connectivity index (χ2v) is 5.30. The van der Waals surface area contributed by atoms with E-state index in [0.717, 1.165) is 35.7 Å². The van der Waals surface area contributed by atoms with Gasteiger partial charge in [-0.05, 0) is 48.7 Å². The molecule has 20 heavy (non-hydrogen) atoms. The fraction of sp³-hybridized carbons (Fsp3) is 0.312. The van der Waals surface area contributed by atoms with E-state index in [0.29, 0.717) is 6.04 Å². The van der Waals surface area contributed by atoms with Gasteiger partial charge in [0.05, 0.1) is 0 Å². The van der Waals surface area contributed by atoms with E-state index >= 15 is 0 Å². The molecule has 0 saturated carbocycles. The molecule has 2 rings (SSSR count). The first kappa shape index (κ1) is 14.8. The van der Waals surface area contributed by atoms with Crippen LogP contribution in [-0.4, -0.2) is 17.6 Å². The molecule has 1 atom stereocenters. The van der Waals surface area contributed by atoms with Gasteiger partial charge < -0.3 is 11.1 Å². The van der Waals surface area contributed by atoms with Gasteiger partial charge in [-0.1, -0.05) is 30.7 Å². The van der Waals surface area contributed by atoms with Crippen molar-refractivity contribution in [3.8, 4) is 0 Å². The van der Waals surface area contributed by atoms with E-state index in [1.807, 2.05) is 24.4 Å². The Balaban J connectivity index is 2.07. The van der Waals surface area contributed by atoms with E-state index in [9.17, 15) is 0 Å². The number of likely N-dealkylation sites (N-methyl/N-ethyl adjacent to an activating group) is 1. The molecule has 0 spiro atoms. The number of benzene rings is 1. The van der Waals surface area contributed by atoms with Gasteiger partial charge in [0, 0.05) is 29.1 Å². The summed E-state index contributed by atoms with van der Waals surface area (Å²) in [6.07, 6.45) is 5.39. The molecule has 106 valence electrons. The number of rotatable bonds is 6. The molecule has 1 unspecified atom stereocenters. The Morgan fingerprint density at radius 1 is 1.20 bits per heavy atom. The lowest BCUT2D eigenvalue weighted by molar-refractivity contribution is 0.521. The molecule has 3 N–H and O–H groups in total. The second kappa shape index (κ2) is 7.27. The van der Waals surface area contributed by atoms with Crippen LogP contribution in [0, 0.1) is 0 Å². The average Bonchev–Trinajstić information content (AvgIpc) is 2.44. The van der Waals surface area contributed by atoms with E-state index in [1.54, 1.807) is 6.20 Å². The first-order valence-electron chi connectivity index (χ1n) is 6.85. The van der Waals surface area contributed by atoms with E-state index in [-0.39, 0.29) is 0 Å². The van der Waals surface area contributed by atoms with Crippen molar-refractivity contribution in [2.45, 2.75) is 25.8 Å².